The zero-order valence-electron chi connectivity index (χ0n) is 12.2. The molecule has 1 atom stereocenters. The highest BCUT2D eigenvalue weighted by atomic mass is 35.5. The van der Waals surface area contributed by atoms with E-state index in [-0.39, 0.29) is 16.8 Å². The van der Waals surface area contributed by atoms with Crippen LogP contribution in [0.25, 0.3) is 0 Å². The largest absolute Gasteiger partial charge is 0.454 e. The molecule has 2 nitrogen and oxygen atoms in total. The van der Waals surface area contributed by atoms with E-state index in [1.165, 1.54) is 6.07 Å². The van der Waals surface area contributed by atoms with E-state index in [0.717, 1.165) is 18.5 Å². The van der Waals surface area contributed by atoms with Crippen molar-refractivity contribution in [2.45, 2.75) is 26.3 Å². The minimum Gasteiger partial charge on any atom is -0.454 e. The summed E-state index contributed by atoms with van der Waals surface area (Å²) in [5.41, 5.74) is 0.991. The molecule has 1 unspecified atom stereocenters. The van der Waals surface area contributed by atoms with E-state index in [2.05, 4.69) is 19.2 Å². The van der Waals surface area contributed by atoms with Gasteiger partial charge in [0.1, 0.15) is 5.75 Å². The number of rotatable bonds is 6. The summed E-state index contributed by atoms with van der Waals surface area (Å²) >= 11 is 5.78. The molecule has 4 heteroatoms. The van der Waals surface area contributed by atoms with Crippen LogP contribution in [0.5, 0.6) is 11.5 Å². The highest BCUT2D eigenvalue weighted by Gasteiger charge is 2.14. The lowest BCUT2D eigenvalue weighted by Gasteiger charge is -2.18. The fourth-order valence-electron chi connectivity index (χ4n) is 2.08. The van der Waals surface area contributed by atoms with E-state index in [9.17, 15) is 4.39 Å². The average molecular weight is 308 g/mol. The molecule has 21 heavy (non-hydrogen) atoms. The van der Waals surface area contributed by atoms with Gasteiger partial charge in [0.25, 0.3) is 0 Å². The van der Waals surface area contributed by atoms with Crippen molar-refractivity contribution >= 4 is 11.6 Å². The topological polar surface area (TPSA) is 21.3 Å². The maximum Gasteiger partial charge on any atom is 0.184 e. The van der Waals surface area contributed by atoms with Crippen LogP contribution >= 0.6 is 11.6 Å². The average Bonchev–Trinajstić information content (AvgIpc) is 2.50. The molecule has 0 aliphatic carbocycles. The van der Waals surface area contributed by atoms with E-state index in [1.54, 1.807) is 12.1 Å². The molecule has 0 saturated heterocycles. The molecule has 0 fully saturated rings. The standard InChI is InChI=1S/C17H19ClFNO/c1-3-11-20-12(2)13-7-4-5-9-15(13)21-16-10-6-8-14(18)17(16)19/h4-10,12,20H,3,11H2,1-2H3. The zero-order chi connectivity index (χ0) is 15.2. The molecule has 0 radical (unpaired) electrons. The first-order chi connectivity index (χ1) is 10.1. The Morgan fingerprint density at radius 1 is 1.14 bits per heavy atom. The van der Waals surface area contributed by atoms with Crippen molar-refractivity contribution in [3.63, 3.8) is 0 Å². The summed E-state index contributed by atoms with van der Waals surface area (Å²) in [4.78, 5) is 0. The van der Waals surface area contributed by atoms with E-state index < -0.39 is 5.82 Å². The summed E-state index contributed by atoms with van der Waals surface area (Å²) in [6.45, 7) is 5.09. The quantitative estimate of drug-likeness (QED) is 0.778. The van der Waals surface area contributed by atoms with Gasteiger partial charge in [0.15, 0.2) is 11.6 Å². The lowest BCUT2D eigenvalue weighted by molar-refractivity contribution is 0.429. The van der Waals surface area contributed by atoms with Crippen molar-refractivity contribution in [2.75, 3.05) is 6.54 Å². The van der Waals surface area contributed by atoms with E-state index in [1.807, 2.05) is 24.3 Å². The van der Waals surface area contributed by atoms with Crippen molar-refractivity contribution in [2.24, 2.45) is 0 Å². The van der Waals surface area contributed by atoms with Crippen LogP contribution in [-0.4, -0.2) is 6.54 Å². The minimum absolute atomic E-state index is 0.0575. The Labute approximate surface area is 129 Å². The third-order valence-corrected chi connectivity index (χ3v) is 3.51. The van der Waals surface area contributed by atoms with E-state index >= 15 is 0 Å². The summed E-state index contributed by atoms with van der Waals surface area (Å²) in [5, 5.41) is 3.46. The molecular formula is C17H19ClFNO. The van der Waals surface area contributed by atoms with Crippen molar-refractivity contribution in [3.05, 3.63) is 58.9 Å². The SMILES string of the molecule is CCCNC(C)c1ccccc1Oc1cccc(Cl)c1F. The number of hydrogen-bond acceptors (Lipinski definition) is 2. The maximum atomic E-state index is 14.0. The van der Waals surface area contributed by atoms with Crippen LogP contribution in [0.3, 0.4) is 0 Å². The number of benzene rings is 2. The van der Waals surface area contributed by atoms with Gasteiger partial charge in [-0.3, -0.25) is 0 Å². The molecule has 0 aromatic heterocycles. The number of ether oxygens (including phenoxy) is 1. The van der Waals surface area contributed by atoms with Crippen molar-refractivity contribution in [1.29, 1.82) is 0 Å². The Balaban J connectivity index is 2.26. The van der Waals surface area contributed by atoms with E-state index in [0.29, 0.717) is 5.75 Å². The van der Waals surface area contributed by atoms with Crippen LogP contribution in [0.1, 0.15) is 31.9 Å². The lowest BCUT2D eigenvalue weighted by atomic mass is 10.1. The second kappa shape index (κ2) is 7.43. The van der Waals surface area contributed by atoms with Crippen molar-refractivity contribution in [3.8, 4) is 11.5 Å². The molecule has 1 N–H and O–H groups in total. The van der Waals surface area contributed by atoms with Gasteiger partial charge in [-0.2, -0.15) is 0 Å². The molecule has 0 heterocycles. The molecule has 0 aliphatic heterocycles. The summed E-state index contributed by atoms with van der Waals surface area (Å²) in [5.74, 6) is 0.232. The Kier molecular flexibility index (Phi) is 5.59. The fourth-order valence-corrected chi connectivity index (χ4v) is 2.25. The Bertz CT molecular complexity index is 603. The number of nitrogens with one attached hydrogen (secondary N) is 1. The van der Waals surface area contributed by atoms with Crippen LogP contribution < -0.4 is 10.1 Å². The molecular weight excluding hydrogens is 289 g/mol. The molecule has 2 aromatic carbocycles. The summed E-state index contributed by atoms with van der Waals surface area (Å²) < 4.78 is 19.7. The fraction of sp³-hybridized carbons (Fsp3) is 0.294. The monoisotopic (exact) mass is 307 g/mol. The molecule has 0 spiro atoms. The predicted molar refractivity (Wildman–Crippen MR) is 84.6 cm³/mol. The third kappa shape index (κ3) is 3.96. The van der Waals surface area contributed by atoms with Crippen LogP contribution in [-0.2, 0) is 0 Å². The Hall–Kier alpha value is -1.58. The second-order valence-corrected chi connectivity index (χ2v) is 5.27. The zero-order valence-corrected chi connectivity index (χ0v) is 13.0. The first-order valence-corrected chi connectivity index (χ1v) is 7.45. The second-order valence-electron chi connectivity index (χ2n) is 4.87. The Morgan fingerprint density at radius 3 is 2.62 bits per heavy atom. The van der Waals surface area contributed by atoms with Crippen LogP contribution in [0.2, 0.25) is 5.02 Å². The first kappa shape index (κ1) is 15.8. The summed E-state index contributed by atoms with van der Waals surface area (Å²) in [6.07, 6.45) is 1.05. The van der Waals surface area contributed by atoms with Crippen LogP contribution in [0, 0.1) is 5.82 Å². The highest BCUT2D eigenvalue weighted by molar-refractivity contribution is 6.30. The molecule has 0 amide bonds. The van der Waals surface area contributed by atoms with Crippen molar-refractivity contribution in [1.82, 2.24) is 5.32 Å². The van der Waals surface area contributed by atoms with Gasteiger partial charge >= 0.3 is 0 Å². The molecule has 2 rings (SSSR count). The van der Waals surface area contributed by atoms with Gasteiger partial charge in [0.2, 0.25) is 0 Å². The predicted octanol–water partition coefficient (Wildman–Crippen LogP) is 5.33. The van der Waals surface area contributed by atoms with Gasteiger partial charge in [0, 0.05) is 11.6 Å². The van der Waals surface area contributed by atoms with Crippen LogP contribution in [0.4, 0.5) is 4.39 Å². The highest BCUT2D eigenvalue weighted by Crippen LogP contribution is 2.32. The van der Waals surface area contributed by atoms with Crippen LogP contribution in [0.15, 0.2) is 42.5 Å². The van der Waals surface area contributed by atoms with Gasteiger partial charge in [-0.1, -0.05) is 42.8 Å². The maximum absolute atomic E-state index is 14.0. The molecule has 112 valence electrons. The molecule has 2 aromatic rings. The summed E-state index contributed by atoms with van der Waals surface area (Å²) in [6, 6.07) is 12.5. The number of hydrogen-bond donors (Lipinski definition) is 1. The van der Waals surface area contributed by atoms with Gasteiger partial charge in [-0.05, 0) is 38.1 Å². The summed E-state index contributed by atoms with van der Waals surface area (Å²) in [7, 11) is 0. The van der Waals surface area contributed by atoms with Gasteiger partial charge in [0.05, 0.1) is 5.02 Å². The normalized spacial score (nSPS) is 12.2. The van der Waals surface area contributed by atoms with Crippen molar-refractivity contribution < 1.29 is 9.13 Å². The molecule has 0 saturated carbocycles. The Morgan fingerprint density at radius 2 is 1.86 bits per heavy atom. The smallest absolute Gasteiger partial charge is 0.184 e. The lowest BCUT2D eigenvalue weighted by Crippen LogP contribution is -2.19. The molecule has 0 aliphatic rings. The number of para-hydroxylation sites is 1. The number of halogens is 2. The minimum atomic E-state index is -0.539. The van der Waals surface area contributed by atoms with Gasteiger partial charge in [-0.25, -0.2) is 4.39 Å². The van der Waals surface area contributed by atoms with Gasteiger partial charge < -0.3 is 10.1 Å². The van der Waals surface area contributed by atoms with Gasteiger partial charge in [-0.15, -0.1) is 0 Å². The molecule has 0 bridgehead atoms. The first-order valence-electron chi connectivity index (χ1n) is 7.07. The van der Waals surface area contributed by atoms with E-state index in [4.69, 9.17) is 16.3 Å². The third-order valence-electron chi connectivity index (χ3n) is 3.22.